The third-order valence-electron chi connectivity index (χ3n) is 5.00. The van der Waals surface area contributed by atoms with Crippen LogP contribution in [0.2, 0.25) is 0 Å². The molecule has 0 radical (unpaired) electrons. The lowest BCUT2D eigenvalue weighted by atomic mass is 10.2. The van der Waals surface area contributed by atoms with E-state index in [2.05, 4.69) is 21.3 Å². The normalized spacial score (nSPS) is 16.2. The minimum atomic E-state index is -0.0573. The molecule has 0 saturated carbocycles. The van der Waals surface area contributed by atoms with Crippen molar-refractivity contribution in [3.63, 3.8) is 0 Å². The molecule has 1 fully saturated rings. The van der Waals surface area contributed by atoms with Crippen LogP contribution in [0.5, 0.6) is 11.6 Å². The molecule has 6 heteroatoms. The second-order valence-corrected chi connectivity index (χ2v) is 7.11. The van der Waals surface area contributed by atoms with Crippen LogP contribution in [-0.4, -0.2) is 43.2 Å². The van der Waals surface area contributed by atoms with Gasteiger partial charge in [0.25, 0.3) is 0 Å². The number of benzene rings is 2. The number of aromatic nitrogens is 1. The highest BCUT2D eigenvalue weighted by Gasteiger charge is 2.24. The largest absolute Gasteiger partial charge is 0.439 e. The van der Waals surface area contributed by atoms with E-state index in [1.165, 1.54) is 0 Å². The second-order valence-electron chi connectivity index (χ2n) is 7.11. The topological polar surface area (TPSA) is 63.7 Å². The molecule has 29 heavy (non-hydrogen) atoms. The Morgan fingerprint density at radius 1 is 1.17 bits per heavy atom. The van der Waals surface area contributed by atoms with E-state index in [9.17, 15) is 4.79 Å². The molecule has 1 aliphatic heterocycles. The van der Waals surface area contributed by atoms with Crippen molar-refractivity contribution in [2.75, 3.05) is 31.2 Å². The van der Waals surface area contributed by atoms with E-state index in [-0.39, 0.29) is 18.6 Å². The summed E-state index contributed by atoms with van der Waals surface area (Å²) in [6, 6.07) is 18.1. The van der Waals surface area contributed by atoms with Crippen LogP contribution in [0.15, 0.2) is 60.8 Å². The van der Waals surface area contributed by atoms with Gasteiger partial charge in [-0.05, 0) is 30.9 Å². The Labute approximate surface area is 170 Å². The Kier molecular flexibility index (Phi) is 5.91. The molecule has 1 atom stereocenters. The maximum absolute atomic E-state index is 11.9. The number of carbonyl (C=O) groups is 1. The maximum atomic E-state index is 11.9. The van der Waals surface area contributed by atoms with Gasteiger partial charge in [0.2, 0.25) is 11.8 Å². The van der Waals surface area contributed by atoms with Gasteiger partial charge >= 0.3 is 0 Å². The average Bonchev–Trinajstić information content (AvgIpc) is 3.21. The zero-order valence-corrected chi connectivity index (χ0v) is 16.5. The van der Waals surface area contributed by atoms with Crippen LogP contribution < -0.4 is 15.0 Å². The number of hydrogen-bond donors (Lipinski definition) is 1. The van der Waals surface area contributed by atoms with Crippen molar-refractivity contribution < 1.29 is 14.3 Å². The summed E-state index contributed by atoms with van der Waals surface area (Å²) in [6.45, 7) is 4.21. The van der Waals surface area contributed by atoms with Crippen molar-refractivity contribution in [1.82, 2.24) is 10.3 Å². The van der Waals surface area contributed by atoms with Gasteiger partial charge < -0.3 is 19.7 Å². The Balaban J connectivity index is 1.40. The zero-order chi connectivity index (χ0) is 20.1. The van der Waals surface area contributed by atoms with Gasteiger partial charge in [-0.15, -0.1) is 0 Å². The molecule has 2 aromatic carbocycles. The van der Waals surface area contributed by atoms with E-state index in [1.807, 2.05) is 61.7 Å². The number of ether oxygens (including phenoxy) is 2. The Bertz CT molecular complexity index is 992. The van der Waals surface area contributed by atoms with Gasteiger partial charge in [-0.1, -0.05) is 30.3 Å². The molecular weight excluding hydrogens is 366 g/mol. The van der Waals surface area contributed by atoms with Crippen LogP contribution >= 0.6 is 0 Å². The lowest BCUT2D eigenvalue weighted by molar-refractivity contribution is -0.126. The lowest BCUT2D eigenvalue weighted by Crippen LogP contribution is -2.39. The quantitative estimate of drug-likeness (QED) is 0.664. The summed E-state index contributed by atoms with van der Waals surface area (Å²) < 4.78 is 11.2. The number of carbonyl (C=O) groups excluding carboxylic acids is 1. The molecular formula is C23H25N3O3. The predicted octanol–water partition coefficient (Wildman–Crippen LogP) is 3.76. The molecule has 0 bridgehead atoms. The summed E-state index contributed by atoms with van der Waals surface area (Å²) >= 11 is 0. The minimum Gasteiger partial charge on any atom is -0.439 e. The molecule has 1 amide bonds. The fraction of sp³-hybridized carbons (Fsp3) is 0.304. The Hall–Kier alpha value is -3.12. The van der Waals surface area contributed by atoms with Gasteiger partial charge in [0.15, 0.2) is 0 Å². The first-order chi connectivity index (χ1) is 14.2. The van der Waals surface area contributed by atoms with Gasteiger partial charge in [-0.25, -0.2) is 4.98 Å². The summed E-state index contributed by atoms with van der Waals surface area (Å²) in [6.07, 6.45) is 2.74. The lowest BCUT2D eigenvalue weighted by Gasteiger charge is -2.20. The molecule has 3 aromatic rings. The van der Waals surface area contributed by atoms with E-state index in [1.54, 1.807) is 0 Å². The SMILES string of the molecule is CCOCC(=O)NC1CCN(c2cccc(Oc3cc4ccccc4cn3)c2)C1. The van der Waals surface area contributed by atoms with E-state index in [4.69, 9.17) is 9.47 Å². The fourth-order valence-corrected chi connectivity index (χ4v) is 3.56. The number of nitrogens with one attached hydrogen (secondary N) is 1. The smallest absolute Gasteiger partial charge is 0.246 e. The zero-order valence-electron chi connectivity index (χ0n) is 16.5. The van der Waals surface area contributed by atoms with Crippen LogP contribution in [0.1, 0.15) is 13.3 Å². The fourth-order valence-electron chi connectivity index (χ4n) is 3.56. The standard InChI is InChI=1S/C23H25N3O3/c1-2-28-16-22(27)25-19-10-11-26(15-19)20-8-5-9-21(13-20)29-23-12-17-6-3-4-7-18(17)14-24-23/h3-9,12-14,19H,2,10-11,15-16H2,1H3,(H,25,27). The number of anilines is 1. The van der Waals surface area contributed by atoms with Crippen LogP contribution in [0.3, 0.4) is 0 Å². The van der Waals surface area contributed by atoms with Crippen molar-refractivity contribution >= 4 is 22.4 Å². The van der Waals surface area contributed by atoms with Crippen LogP contribution in [0.25, 0.3) is 10.8 Å². The van der Waals surface area contributed by atoms with Crippen LogP contribution in [0.4, 0.5) is 5.69 Å². The summed E-state index contributed by atoms with van der Waals surface area (Å²) in [4.78, 5) is 18.5. The first-order valence-electron chi connectivity index (χ1n) is 9.96. The molecule has 1 N–H and O–H groups in total. The summed E-state index contributed by atoms with van der Waals surface area (Å²) in [7, 11) is 0. The first kappa shape index (κ1) is 19.2. The first-order valence-corrected chi connectivity index (χ1v) is 9.96. The molecule has 6 nitrogen and oxygen atoms in total. The predicted molar refractivity (Wildman–Crippen MR) is 114 cm³/mol. The van der Waals surface area contributed by atoms with Gasteiger partial charge in [0.1, 0.15) is 12.4 Å². The highest BCUT2D eigenvalue weighted by atomic mass is 16.5. The van der Waals surface area contributed by atoms with Gasteiger partial charge in [-0.2, -0.15) is 0 Å². The molecule has 0 aliphatic carbocycles. The van der Waals surface area contributed by atoms with Gasteiger partial charge in [0.05, 0.1) is 0 Å². The average molecular weight is 391 g/mol. The highest BCUT2D eigenvalue weighted by molar-refractivity contribution is 5.82. The second kappa shape index (κ2) is 8.92. The highest BCUT2D eigenvalue weighted by Crippen LogP contribution is 2.28. The summed E-state index contributed by atoms with van der Waals surface area (Å²) in [5, 5.41) is 5.22. The van der Waals surface area contributed by atoms with E-state index >= 15 is 0 Å². The number of nitrogens with zero attached hydrogens (tertiary/aromatic N) is 2. The molecule has 4 rings (SSSR count). The third kappa shape index (κ3) is 4.84. The molecule has 1 unspecified atom stereocenters. The Morgan fingerprint density at radius 3 is 2.90 bits per heavy atom. The van der Waals surface area contributed by atoms with Crippen molar-refractivity contribution in [3.8, 4) is 11.6 Å². The number of amides is 1. The monoisotopic (exact) mass is 391 g/mol. The van der Waals surface area contributed by atoms with Gasteiger partial charge in [-0.3, -0.25) is 4.79 Å². The van der Waals surface area contributed by atoms with Crippen LogP contribution in [0, 0.1) is 0 Å². The third-order valence-corrected chi connectivity index (χ3v) is 5.00. The van der Waals surface area contributed by atoms with Crippen molar-refractivity contribution in [2.45, 2.75) is 19.4 Å². The summed E-state index contributed by atoms with van der Waals surface area (Å²) in [5.74, 6) is 1.26. The number of pyridine rings is 1. The van der Waals surface area contributed by atoms with Crippen LogP contribution in [-0.2, 0) is 9.53 Å². The van der Waals surface area contributed by atoms with Crippen molar-refractivity contribution in [2.24, 2.45) is 0 Å². The number of hydrogen-bond acceptors (Lipinski definition) is 5. The van der Waals surface area contributed by atoms with Crippen molar-refractivity contribution in [3.05, 3.63) is 60.8 Å². The molecule has 150 valence electrons. The molecule has 1 saturated heterocycles. The summed E-state index contributed by atoms with van der Waals surface area (Å²) in [5.41, 5.74) is 1.07. The van der Waals surface area contributed by atoms with E-state index in [0.29, 0.717) is 12.5 Å². The van der Waals surface area contributed by atoms with Crippen molar-refractivity contribution in [1.29, 1.82) is 0 Å². The van der Waals surface area contributed by atoms with E-state index in [0.717, 1.165) is 41.7 Å². The Morgan fingerprint density at radius 2 is 2.03 bits per heavy atom. The molecule has 1 aliphatic rings. The molecule has 2 heterocycles. The molecule has 0 spiro atoms. The van der Waals surface area contributed by atoms with E-state index < -0.39 is 0 Å². The number of fused-ring (bicyclic) bond motifs is 1. The molecule has 1 aromatic heterocycles. The maximum Gasteiger partial charge on any atom is 0.246 e. The van der Waals surface area contributed by atoms with Gasteiger partial charge in [0, 0.05) is 55.1 Å². The minimum absolute atomic E-state index is 0.0573. The number of rotatable bonds is 7.